The van der Waals surface area contributed by atoms with Crippen LogP contribution in [0.1, 0.15) is 26.3 Å². The molecule has 0 bridgehead atoms. The Morgan fingerprint density at radius 3 is 2.10 bits per heavy atom. The first-order chi connectivity index (χ1) is 13.6. The fourth-order valence-corrected chi connectivity index (χ4v) is 4.70. The maximum absolute atomic E-state index is 13.1. The lowest BCUT2D eigenvalue weighted by Crippen LogP contribution is -2.42. The number of aliphatic hydroxyl groups is 1. The van der Waals surface area contributed by atoms with Gasteiger partial charge in [0.15, 0.2) is 0 Å². The van der Waals surface area contributed by atoms with E-state index >= 15 is 0 Å². The van der Waals surface area contributed by atoms with E-state index in [4.69, 9.17) is 0 Å². The van der Waals surface area contributed by atoms with Gasteiger partial charge in [-0.2, -0.15) is 4.31 Å². The third-order valence-corrected chi connectivity index (χ3v) is 6.55. The smallest absolute Gasteiger partial charge is 0.269 e. The SMILES string of the molecule is CC(C)CN(CC(O)C(C)Cc1ccccc1)S(=O)(=O)c1ccc([N+](=O)[O-])cc1. The summed E-state index contributed by atoms with van der Waals surface area (Å²) in [5.41, 5.74) is 0.906. The fourth-order valence-electron chi connectivity index (χ4n) is 3.08. The fraction of sp³-hybridized carbons (Fsp3) is 0.429. The van der Waals surface area contributed by atoms with Crippen molar-refractivity contribution < 1.29 is 18.4 Å². The molecular weight excluding hydrogens is 392 g/mol. The van der Waals surface area contributed by atoms with E-state index in [0.29, 0.717) is 6.42 Å². The van der Waals surface area contributed by atoms with E-state index < -0.39 is 21.1 Å². The molecule has 0 amide bonds. The first-order valence-electron chi connectivity index (χ1n) is 9.58. The molecule has 29 heavy (non-hydrogen) atoms. The molecule has 0 spiro atoms. The van der Waals surface area contributed by atoms with E-state index in [1.54, 1.807) is 0 Å². The van der Waals surface area contributed by atoms with Crippen molar-refractivity contribution in [3.63, 3.8) is 0 Å². The number of non-ortho nitro benzene ring substituents is 1. The number of hydrogen-bond donors (Lipinski definition) is 1. The van der Waals surface area contributed by atoms with E-state index in [-0.39, 0.29) is 35.5 Å². The first-order valence-corrected chi connectivity index (χ1v) is 11.0. The second-order valence-corrected chi connectivity index (χ2v) is 9.64. The van der Waals surface area contributed by atoms with E-state index in [0.717, 1.165) is 5.56 Å². The van der Waals surface area contributed by atoms with Crippen LogP contribution in [0, 0.1) is 22.0 Å². The standard InChI is InChI=1S/C21H28N2O5S/c1-16(2)14-22(15-21(24)17(3)13-18-7-5-4-6-8-18)29(27,28)20-11-9-19(10-12-20)23(25)26/h4-12,16-17,21,24H,13-15H2,1-3H3. The van der Waals surface area contributed by atoms with Crippen LogP contribution < -0.4 is 0 Å². The van der Waals surface area contributed by atoms with E-state index in [1.165, 1.54) is 28.6 Å². The molecule has 0 radical (unpaired) electrons. The number of hydrogen-bond acceptors (Lipinski definition) is 5. The van der Waals surface area contributed by atoms with Crippen LogP contribution in [0.2, 0.25) is 0 Å². The molecule has 2 rings (SSSR count). The maximum Gasteiger partial charge on any atom is 0.269 e. The van der Waals surface area contributed by atoms with Crippen LogP contribution in [0.5, 0.6) is 0 Å². The van der Waals surface area contributed by atoms with Crippen molar-refractivity contribution in [2.75, 3.05) is 13.1 Å². The molecule has 0 aliphatic carbocycles. The van der Waals surface area contributed by atoms with Crippen LogP contribution in [0.15, 0.2) is 59.5 Å². The van der Waals surface area contributed by atoms with Gasteiger partial charge in [0.25, 0.3) is 5.69 Å². The number of nitro benzene ring substituents is 1. The normalized spacial score (nSPS) is 14.1. The van der Waals surface area contributed by atoms with Crippen LogP contribution >= 0.6 is 0 Å². The molecule has 0 heterocycles. The molecule has 2 unspecified atom stereocenters. The molecule has 0 saturated heterocycles. The monoisotopic (exact) mass is 420 g/mol. The molecule has 2 aromatic carbocycles. The highest BCUT2D eigenvalue weighted by atomic mass is 32.2. The molecule has 0 aliphatic rings. The molecule has 0 fully saturated rings. The summed E-state index contributed by atoms with van der Waals surface area (Å²) in [6, 6.07) is 14.6. The number of sulfonamides is 1. The van der Waals surface area contributed by atoms with E-state index in [9.17, 15) is 23.6 Å². The van der Waals surface area contributed by atoms with Gasteiger partial charge in [-0.3, -0.25) is 10.1 Å². The molecule has 1 N–H and O–H groups in total. The molecular formula is C21H28N2O5S. The Hall–Kier alpha value is -2.29. The number of aliphatic hydroxyl groups excluding tert-OH is 1. The van der Waals surface area contributed by atoms with Crippen LogP contribution in [0.3, 0.4) is 0 Å². The third kappa shape index (κ3) is 6.35. The highest BCUT2D eigenvalue weighted by Gasteiger charge is 2.29. The first kappa shape index (κ1) is 23.0. The van der Waals surface area contributed by atoms with Crippen molar-refractivity contribution >= 4 is 15.7 Å². The predicted octanol–water partition coefficient (Wildman–Crippen LogP) is 3.48. The van der Waals surface area contributed by atoms with Crippen molar-refractivity contribution in [1.29, 1.82) is 0 Å². The van der Waals surface area contributed by atoms with Crippen LogP contribution in [0.4, 0.5) is 5.69 Å². The summed E-state index contributed by atoms with van der Waals surface area (Å²) in [6.07, 6.45) is -0.212. The zero-order chi connectivity index (χ0) is 21.6. The minimum absolute atomic E-state index is 0.0216. The minimum atomic E-state index is -3.89. The predicted molar refractivity (Wildman–Crippen MR) is 112 cm³/mol. The summed E-state index contributed by atoms with van der Waals surface area (Å²) >= 11 is 0. The number of benzene rings is 2. The van der Waals surface area contributed by atoms with Gasteiger partial charge >= 0.3 is 0 Å². The number of nitrogens with zero attached hydrogens (tertiary/aromatic N) is 2. The summed E-state index contributed by atoms with van der Waals surface area (Å²) in [6.45, 7) is 5.90. The largest absolute Gasteiger partial charge is 0.391 e. The highest BCUT2D eigenvalue weighted by Crippen LogP contribution is 2.22. The zero-order valence-corrected chi connectivity index (χ0v) is 17.7. The van der Waals surface area contributed by atoms with Crippen molar-refractivity contribution in [1.82, 2.24) is 4.31 Å². The van der Waals surface area contributed by atoms with E-state index in [1.807, 2.05) is 51.1 Å². The quantitative estimate of drug-likeness (QED) is 0.468. The lowest BCUT2D eigenvalue weighted by atomic mass is 9.96. The van der Waals surface area contributed by atoms with Crippen molar-refractivity contribution in [3.05, 3.63) is 70.3 Å². The van der Waals surface area contributed by atoms with Crippen LogP contribution in [0.25, 0.3) is 0 Å². The highest BCUT2D eigenvalue weighted by molar-refractivity contribution is 7.89. The zero-order valence-electron chi connectivity index (χ0n) is 16.9. The Bertz CT molecular complexity index is 898. The Kier molecular flexibility index (Phi) is 7.89. The Balaban J connectivity index is 2.19. The molecule has 8 heteroatoms. The van der Waals surface area contributed by atoms with Gasteiger partial charge in [-0.25, -0.2) is 8.42 Å². The van der Waals surface area contributed by atoms with Gasteiger partial charge in [-0.1, -0.05) is 51.1 Å². The van der Waals surface area contributed by atoms with Gasteiger partial charge in [0.05, 0.1) is 15.9 Å². The molecule has 2 atom stereocenters. The molecule has 7 nitrogen and oxygen atoms in total. The van der Waals surface area contributed by atoms with Crippen LogP contribution in [-0.4, -0.2) is 41.9 Å². The third-order valence-electron chi connectivity index (χ3n) is 4.70. The summed E-state index contributed by atoms with van der Waals surface area (Å²) in [4.78, 5) is 10.2. The summed E-state index contributed by atoms with van der Waals surface area (Å²) in [5, 5.41) is 21.5. The Morgan fingerprint density at radius 2 is 1.59 bits per heavy atom. The molecule has 0 saturated carbocycles. The number of rotatable bonds is 10. The Morgan fingerprint density at radius 1 is 1.00 bits per heavy atom. The van der Waals surface area contributed by atoms with Crippen molar-refractivity contribution in [2.24, 2.45) is 11.8 Å². The minimum Gasteiger partial charge on any atom is -0.391 e. The van der Waals surface area contributed by atoms with Crippen molar-refractivity contribution in [2.45, 2.75) is 38.2 Å². The van der Waals surface area contributed by atoms with Crippen molar-refractivity contribution in [3.8, 4) is 0 Å². The van der Waals surface area contributed by atoms with Gasteiger partial charge in [0.2, 0.25) is 10.0 Å². The second kappa shape index (κ2) is 9.96. The average Bonchev–Trinajstić information content (AvgIpc) is 2.67. The topological polar surface area (TPSA) is 101 Å². The number of nitro groups is 1. The lowest BCUT2D eigenvalue weighted by Gasteiger charge is -2.28. The average molecular weight is 421 g/mol. The molecule has 0 aliphatic heterocycles. The van der Waals surface area contributed by atoms with Gasteiger partial charge in [-0.05, 0) is 36.0 Å². The van der Waals surface area contributed by atoms with Gasteiger partial charge in [0, 0.05) is 25.2 Å². The second-order valence-electron chi connectivity index (χ2n) is 7.70. The Labute approximate surface area is 172 Å². The van der Waals surface area contributed by atoms with Gasteiger partial charge in [0.1, 0.15) is 0 Å². The summed E-state index contributed by atoms with van der Waals surface area (Å²) < 4.78 is 27.5. The lowest BCUT2D eigenvalue weighted by molar-refractivity contribution is -0.384. The van der Waals surface area contributed by atoms with Crippen LogP contribution in [-0.2, 0) is 16.4 Å². The van der Waals surface area contributed by atoms with E-state index in [2.05, 4.69) is 0 Å². The molecule has 158 valence electrons. The summed E-state index contributed by atoms with van der Waals surface area (Å²) in [5.74, 6) is -0.0847. The summed E-state index contributed by atoms with van der Waals surface area (Å²) in [7, 11) is -3.89. The molecule has 2 aromatic rings. The molecule has 0 aromatic heterocycles. The van der Waals surface area contributed by atoms with Gasteiger partial charge in [-0.15, -0.1) is 0 Å². The maximum atomic E-state index is 13.1. The van der Waals surface area contributed by atoms with Gasteiger partial charge < -0.3 is 5.11 Å².